The second kappa shape index (κ2) is 5.91. The number of sulfonamides is 1. The monoisotopic (exact) mass is 324 g/mol. The Labute approximate surface area is 132 Å². The van der Waals surface area contributed by atoms with Gasteiger partial charge in [0.25, 0.3) is 0 Å². The maximum absolute atomic E-state index is 12.0. The van der Waals surface area contributed by atoms with Gasteiger partial charge in [0, 0.05) is 18.7 Å². The molecule has 0 atom stereocenters. The second-order valence-corrected chi connectivity index (χ2v) is 8.97. The molecule has 1 aliphatic heterocycles. The van der Waals surface area contributed by atoms with E-state index in [1.165, 1.54) is 10.6 Å². The molecule has 0 unspecified atom stereocenters. The van der Waals surface area contributed by atoms with Gasteiger partial charge >= 0.3 is 0 Å². The highest BCUT2D eigenvalue weighted by Gasteiger charge is 2.24. The lowest BCUT2D eigenvalue weighted by Crippen LogP contribution is -2.34. The van der Waals surface area contributed by atoms with Crippen LogP contribution in [-0.2, 0) is 21.2 Å². The minimum atomic E-state index is -3.25. The highest BCUT2D eigenvalue weighted by Crippen LogP contribution is 2.31. The zero-order chi connectivity index (χ0) is 16.5. The number of nitrogens with zero attached hydrogens (tertiary/aromatic N) is 1. The van der Waals surface area contributed by atoms with Crippen molar-refractivity contribution in [3.8, 4) is 0 Å². The van der Waals surface area contributed by atoms with Gasteiger partial charge in [-0.25, -0.2) is 8.42 Å². The molecule has 2 rings (SSSR count). The first kappa shape index (κ1) is 16.8. The fourth-order valence-corrected chi connectivity index (χ4v) is 3.67. The minimum absolute atomic E-state index is 0.0248. The number of nitrogens with one attached hydrogen (secondary N) is 1. The lowest BCUT2D eigenvalue weighted by molar-refractivity contribution is -0.117. The summed E-state index contributed by atoms with van der Waals surface area (Å²) in [5.74, 6) is -0.0248. The number of fused-ring (bicyclic) bond motifs is 1. The van der Waals surface area contributed by atoms with Crippen LogP contribution in [0, 0.1) is 5.41 Å². The first-order valence-electron chi connectivity index (χ1n) is 7.47. The molecule has 1 aromatic carbocycles. The summed E-state index contributed by atoms with van der Waals surface area (Å²) >= 11 is 0. The number of aryl methyl sites for hydroxylation is 1. The van der Waals surface area contributed by atoms with Crippen molar-refractivity contribution in [1.29, 1.82) is 0 Å². The highest BCUT2D eigenvalue weighted by atomic mass is 32.2. The van der Waals surface area contributed by atoms with Crippen molar-refractivity contribution in [1.82, 2.24) is 0 Å². The highest BCUT2D eigenvalue weighted by molar-refractivity contribution is 7.92. The average molecular weight is 324 g/mol. The van der Waals surface area contributed by atoms with E-state index in [0.717, 1.165) is 29.8 Å². The number of hydrogen-bond acceptors (Lipinski definition) is 3. The molecule has 1 aliphatic rings. The van der Waals surface area contributed by atoms with Gasteiger partial charge in [0.05, 0.1) is 11.9 Å². The van der Waals surface area contributed by atoms with E-state index in [4.69, 9.17) is 0 Å². The Balaban J connectivity index is 2.20. The summed E-state index contributed by atoms with van der Waals surface area (Å²) in [6, 6.07) is 5.43. The standard InChI is InChI=1S/C16H24N2O3S/c1-16(2,3)11-15(19)17-13-7-8-14-12(10-13)6-5-9-18(14)22(4,20)21/h7-8,10H,5-6,9,11H2,1-4H3,(H,17,19). The predicted octanol–water partition coefficient (Wildman–Crippen LogP) is 2.77. The molecule has 0 aromatic heterocycles. The van der Waals surface area contributed by atoms with Crippen LogP contribution in [0.5, 0.6) is 0 Å². The maximum atomic E-state index is 12.0. The van der Waals surface area contributed by atoms with E-state index >= 15 is 0 Å². The van der Waals surface area contributed by atoms with Crippen LogP contribution < -0.4 is 9.62 Å². The van der Waals surface area contributed by atoms with Crippen molar-refractivity contribution < 1.29 is 13.2 Å². The van der Waals surface area contributed by atoms with Crippen molar-refractivity contribution in [2.24, 2.45) is 5.41 Å². The van der Waals surface area contributed by atoms with Gasteiger partial charge < -0.3 is 5.32 Å². The van der Waals surface area contributed by atoms with E-state index in [1.54, 1.807) is 12.1 Å². The largest absolute Gasteiger partial charge is 0.326 e. The molecular formula is C16H24N2O3S. The van der Waals surface area contributed by atoms with Crippen molar-refractivity contribution in [2.75, 3.05) is 22.4 Å². The molecule has 0 bridgehead atoms. The SMILES string of the molecule is CC(C)(C)CC(=O)Nc1ccc2c(c1)CCCN2S(C)(=O)=O. The van der Waals surface area contributed by atoms with E-state index in [1.807, 2.05) is 26.8 Å². The van der Waals surface area contributed by atoms with Crippen molar-refractivity contribution in [3.63, 3.8) is 0 Å². The topological polar surface area (TPSA) is 66.5 Å². The summed E-state index contributed by atoms with van der Waals surface area (Å²) in [6.07, 6.45) is 3.28. The van der Waals surface area contributed by atoms with E-state index < -0.39 is 10.0 Å². The third-order valence-electron chi connectivity index (χ3n) is 3.53. The third-order valence-corrected chi connectivity index (χ3v) is 4.71. The van der Waals surface area contributed by atoms with Crippen LogP contribution in [0.4, 0.5) is 11.4 Å². The molecule has 1 heterocycles. The smallest absolute Gasteiger partial charge is 0.232 e. The molecule has 0 fully saturated rings. The molecule has 6 heteroatoms. The zero-order valence-corrected chi connectivity index (χ0v) is 14.5. The molecule has 0 radical (unpaired) electrons. The van der Waals surface area contributed by atoms with Gasteiger partial charge in [-0.3, -0.25) is 9.10 Å². The zero-order valence-electron chi connectivity index (χ0n) is 13.6. The molecule has 0 saturated carbocycles. The molecule has 0 spiro atoms. The number of anilines is 2. The number of carbonyl (C=O) groups is 1. The van der Waals surface area contributed by atoms with Crippen LogP contribution in [0.1, 0.15) is 39.2 Å². The number of carbonyl (C=O) groups excluding carboxylic acids is 1. The van der Waals surface area contributed by atoms with Crippen LogP contribution >= 0.6 is 0 Å². The van der Waals surface area contributed by atoms with Crippen molar-refractivity contribution >= 4 is 27.3 Å². The molecular weight excluding hydrogens is 300 g/mol. The first-order valence-corrected chi connectivity index (χ1v) is 9.32. The number of hydrogen-bond donors (Lipinski definition) is 1. The Kier molecular flexibility index (Phi) is 4.52. The van der Waals surface area contributed by atoms with Crippen LogP contribution in [-0.4, -0.2) is 27.1 Å². The van der Waals surface area contributed by atoms with Gasteiger partial charge in [-0.1, -0.05) is 20.8 Å². The van der Waals surface area contributed by atoms with Crippen LogP contribution in [0.3, 0.4) is 0 Å². The van der Waals surface area contributed by atoms with Gasteiger partial charge in [0.2, 0.25) is 15.9 Å². The Morgan fingerprint density at radius 1 is 1.32 bits per heavy atom. The van der Waals surface area contributed by atoms with Crippen LogP contribution in [0.15, 0.2) is 18.2 Å². The van der Waals surface area contributed by atoms with Gasteiger partial charge in [0.15, 0.2) is 0 Å². The Bertz CT molecular complexity index is 675. The molecule has 0 aliphatic carbocycles. The fraction of sp³-hybridized carbons (Fsp3) is 0.562. The Hall–Kier alpha value is -1.56. The maximum Gasteiger partial charge on any atom is 0.232 e. The molecule has 122 valence electrons. The molecule has 1 N–H and O–H groups in total. The van der Waals surface area contributed by atoms with Crippen molar-refractivity contribution in [3.05, 3.63) is 23.8 Å². The molecule has 1 amide bonds. The Morgan fingerprint density at radius 2 is 2.00 bits per heavy atom. The van der Waals surface area contributed by atoms with Gasteiger partial charge in [-0.05, 0) is 42.0 Å². The van der Waals surface area contributed by atoms with Gasteiger partial charge in [0.1, 0.15) is 0 Å². The number of amides is 1. The molecule has 5 nitrogen and oxygen atoms in total. The van der Waals surface area contributed by atoms with E-state index in [2.05, 4.69) is 5.32 Å². The average Bonchev–Trinajstić information content (AvgIpc) is 2.34. The quantitative estimate of drug-likeness (QED) is 0.929. The van der Waals surface area contributed by atoms with E-state index in [0.29, 0.717) is 13.0 Å². The summed E-state index contributed by atoms with van der Waals surface area (Å²) < 4.78 is 25.1. The van der Waals surface area contributed by atoms with Crippen molar-refractivity contribution in [2.45, 2.75) is 40.0 Å². The minimum Gasteiger partial charge on any atom is -0.326 e. The normalized spacial score (nSPS) is 15.4. The van der Waals surface area contributed by atoms with E-state index in [-0.39, 0.29) is 11.3 Å². The lowest BCUT2D eigenvalue weighted by Gasteiger charge is -2.29. The Morgan fingerprint density at radius 3 is 2.59 bits per heavy atom. The van der Waals surface area contributed by atoms with E-state index in [9.17, 15) is 13.2 Å². The summed E-state index contributed by atoms with van der Waals surface area (Å²) in [5, 5.41) is 2.90. The molecule has 0 saturated heterocycles. The van der Waals surface area contributed by atoms with Gasteiger partial charge in [-0.15, -0.1) is 0 Å². The first-order chi connectivity index (χ1) is 10.1. The van der Waals surface area contributed by atoms with Gasteiger partial charge in [-0.2, -0.15) is 0 Å². The summed E-state index contributed by atoms with van der Waals surface area (Å²) in [5.41, 5.74) is 2.35. The van der Waals surface area contributed by atoms with Crippen LogP contribution in [0.25, 0.3) is 0 Å². The lowest BCUT2D eigenvalue weighted by atomic mass is 9.92. The second-order valence-electron chi connectivity index (χ2n) is 7.07. The summed E-state index contributed by atoms with van der Waals surface area (Å²) in [4.78, 5) is 12.0. The predicted molar refractivity (Wildman–Crippen MR) is 89.7 cm³/mol. The third kappa shape index (κ3) is 4.22. The summed E-state index contributed by atoms with van der Waals surface area (Å²) in [7, 11) is -3.25. The number of benzene rings is 1. The molecule has 22 heavy (non-hydrogen) atoms. The fourth-order valence-electron chi connectivity index (χ4n) is 2.67. The molecule has 1 aromatic rings. The van der Waals surface area contributed by atoms with Crippen LogP contribution in [0.2, 0.25) is 0 Å². The number of rotatable bonds is 3. The summed E-state index contributed by atoms with van der Waals surface area (Å²) in [6.45, 7) is 6.57.